The zero-order valence-electron chi connectivity index (χ0n) is 16.7. The summed E-state index contributed by atoms with van der Waals surface area (Å²) in [4.78, 5) is 0. The second-order valence-corrected chi connectivity index (χ2v) is 24.9. The first-order chi connectivity index (χ1) is 10.1. The Morgan fingerprint density at radius 2 is 1.58 bits per heavy atom. The molecule has 0 fully saturated rings. The largest absolute Gasteiger partial charge is 1.00 e. The first kappa shape index (κ1) is 24.7. The van der Waals surface area contributed by atoms with Gasteiger partial charge < -0.3 is 24.8 Å². The van der Waals surface area contributed by atoms with Crippen LogP contribution >= 0.6 is 0 Å². The second-order valence-electron chi connectivity index (χ2n) is 8.19. The summed E-state index contributed by atoms with van der Waals surface area (Å²) in [6.45, 7) is 22.4. The van der Waals surface area contributed by atoms with E-state index in [0.717, 1.165) is 0 Å². The molecule has 0 aromatic rings. The van der Waals surface area contributed by atoms with Gasteiger partial charge >= 0.3 is 145 Å². The minimum Gasteiger partial charge on any atom is -1.00 e. The zero-order chi connectivity index (χ0) is 16.8. The third-order valence-corrected chi connectivity index (χ3v) is 19.8. The molecule has 134 valence electrons. The first-order valence-electron chi connectivity index (χ1n) is 8.54. The summed E-state index contributed by atoms with van der Waals surface area (Å²) < 4.78 is 3.87. The molecule has 0 aromatic carbocycles. The fourth-order valence-electron chi connectivity index (χ4n) is 3.95. The Kier molecular flexibility index (Phi) is 9.32. The van der Waals surface area contributed by atoms with E-state index in [2.05, 4.69) is 72.6 Å². The average molecular weight is 435 g/mol. The molecule has 0 saturated carbocycles. The van der Waals surface area contributed by atoms with Crippen LogP contribution in [0, 0.1) is 5.92 Å². The standard InChI is InChI=1S/C9H13.C8H13Si.C2H6Si.2ClH.Ti/c1-6-5-7(2)9(4)8(6)3;1-9(2,3)8-6-4-5-7-8;1-3-2;;;/h6H,1-4H3;4,6H,5H2,1-3H3;1-2H3;2*1H;/q;;;;;+2/p-2. The van der Waals surface area contributed by atoms with E-state index in [9.17, 15) is 0 Å². The Balaban J connectivity index is 0.00000264. The van der Waals surface area contributed by atoms with Crippen LogP contribution in [-0.4, -0.2) is 14.3 Å². The van der Waals surface area contributed by atoms with E-state index in [1.165, 1.54) is 6.42 Å². The van der Waals surface area contributed by atoms with Crippen LogP contribution < -0.4 is 24.8 Å². The van der Waals surface area contributed by atoms with E-state index in [1.54, 1.807) is 16.7 Å². The molecule has 0 nitrogen and oxygen atoms in total. The molecule has 2 aliphatic rings. The number of halogens is 2. The fraction of sp³-hybridized carbons (Fsp3) is 0.579. The molecule has 1 unspecified atom stereocenters. The second kappa shape index (κ2) is 9.06. The molecule has 0 saturated heterocycles. The Hall–Kier alpha value is 0.688. The van der Waals surface area contributed by atoms with Gasteiger partial charge in [0, 0.05) is 0 Å². The van der Waals surface area contributed by atoms with Crippen molar-refractivity contribution in [2.24, 2.45) is 5.92 Å². The summed E-state index contributed by atoms with van der Waals surface area (Å²) in [6.07, 6.45) is 6.00. The molecular weight excluding hydrogens is 403 g/mol. The predicted molar refractivity (Wildman–Crippen MR) is 102 cm³/mol. The molecule has 2 rings (SSSR count). The van der Waals surface area contributed by atoms with Crippen molar-refractivity contribution in [2.75, 3.05) is 0 Å². The third kappa shape index (κ3) is 4.50. The van der Waals surface area contributed by atoms with Crippen molar-refractivity contribution in [3.63, 3.8) is 0 Å². The monoisotopic (exact) mass is 434 g/mol. The normalized spacial score (nSPS) is 20.1. The van der Waals surface area contributed by atoms with Gasteiger partial charge in [-0.3, -0.25) is 0 Å². The van der Waals surface area contributed by atoms with Crippen LogP contribution in [0.2, 0.25) is 32.7 Å². The molecule has 24 heavy (non-hydrogen) atoms. The van der Waals surface area contributed by atoms with Crippen molar-refractivity contribution in [3.05, 3.63) is 41.8 Å². The summed E-state index contributed by atoms with van der Waals surface area (Å²) in [5.41, 5.74) is 4.90. The van der Waals surface area contributed by atoms with Crippen molar-refractivity contribution in [3.8, 4) is 0 Å². The van der Waals surface area contributed by atoms with Gasteiger partial charge in [0.05, 0.1) is 0 Å². The van der Waals surface area contributed by atoms with Gasteiger partial charge in [-0.2, -0.15) is 0 Å². The van der Waals surface area contributed by atoms with Crippen LogP contribution in [-0.2, 0) is 16.6 Å². The maximum atomic E-state index is 2.59. The minimum absolute atomic E-state index is 0. The van der Waals surface area contributed by atoms with Crippen LogP contribution in [0.25, 0.3) is 0 Å². The van der Waals surface area contributed by atoms with Crippen LogP contribution in [0.15, 0.2) is 41.8 Å². The molecular formula is C19H32Cl2Si2Ti. The maximum Gasteiger partial charge on any atom is -1.00 e. The van der Waals surface area contributed by atoms with Gasteiger partial charge in [0.25, 0.3) is 0 Å². The topological polar surface area (TPSA) is 0 Å². The SMILES string of the molecule is CC1=C(C)C(C)[C]([Ti+2]([C]2=C([Si](C)(C)C)C=CC2)=[Si](C)C)=C1C.[Cl-].[Cl-]. The molecule has 0 amide bonds. The Morgan fingerprint density at radius 1 is 1.04 bits per heavy atom. The van der Waals surface area contributed by atoms with Gasteiger partial charge in [-0.1, -0.05) is 0 Å². The van der Waals surface area contributed by atoms with Crippen LogP contribution in [0.3, 0.4) is 0 Å². The maximum absolute atomic E-state index is 2.59. The fourth-order valence-corrected chi connectivity index (χ4v) is 20.9. The van der Waals surface area contributed by atoms with E-state index in [1.807, 2.05) is 13.0 Å². The zero-order valence-corrected chi connectivity index (χ0v) is 21.8. The van der Waals surface area contributed by atoms with Crippen molar-refractivity contribution in [1.29, 1.82) is 0 Å². The van der Waals surface area contributed by atoms with Crippen LogP contribution in [0.5, 0.6) is 0 Å². The minimum atomic E-state index is -1.31. The number of rotatable bonds is 3. The summed E-state index contributed by atoms with van der Waals surface area (Å²) in [7, 11) is -1.21. The molecule has 0 N–H and O–H groups in total. The van der Waals surface area contributed by atoms with Gasteiger partial charge in [0.1, 0.15) is 0 Å². The Morgan fingerprint density at radius 3 is 1.96 bits per heavy atom. The van der Waals surface area contributed by atoms with E-state index in [0.29, 0.717) is 5.92 Å². The van der Waals surface area contributed by atoms with Crippen molar-refractivity contribution in [2.45, 2.75) is 66.9 Å². The first-order valence-corrected chi connectivity index (χ1v) is 18.4. The van der Waals surface area contributed by atoms with Crippen molar-refractivity contribution in [1.82, 2.24) is 0 Å². The van der Waals surface area contributed by atoms with Gasteiger partial charge in [-0.05, 0) is 0 Å². The molecule has 0 bridgehead atoms. The molecule has 0 heterocycles. The Bertz CT molecular complexity index is 670. The van der Waals surface area contributed by atoms with Crippen molar-refractivity contribution >= 4 is 14.3 Å². The van der Waals surface area contributed by atoms with Gasteiger partial charge in [-0.25, -0.2) is 0 Å². The molecule has 0 aliphatic heterocycles. The third-order valence-electron chi connectivity index (χ3n) is 5.45. The molecule has 5 heteroatoms. The Labute approximate surface area is 169 Å². The van der Waals surface area contributed by atoms with Crippen LogP contribution in [0.4, 0.5) is 0 Å². The average Bonchev–Trinajstić information content (AvgIpc) is 2.95. The summed E-state index contributed by atoms with van der Waals surface area (Å²) >= 11 is -1.31. The molecule has 0 radical (unpaired) electrons. The van der Waals surface area contributed by atoms with Gasteiger partial charge in [-0.15, -0.1) is 0 Å². The van der Waals surface area contributed by atoms with E-state index < -0.39 is 24.7 Å². The van der Waals surface area contributed by atoms with Crippen molar-refractivity contribution < 1.29 is 41.4 Å². The molecule has 2 aliphatic carbocycles. The molecule has 0 spiro atoms. The smallest absolute Gasteiger partial charge is 1.00 e. The van der Waals surface area contributed by atoms with Gasteiger partial charge in [0.2, 0.25) is 0 Å². The van der Waals surface area contributed by atoms with E-state index >= 15 is 0 Å². The van der Waals surface area contributed by atoms with Gasteiger partial charge in [0.15, 0.2) is 0 Å². The van der Waals surface area contributed by atoms with E-state index in [4.69, 9.17) is 0 Å². The number of allylic oxidation sites excluding steroid dienone is 8. The quantitative estimate of drug-likeness (QED) is 0.557. The summed E-state index contributed by atoms with van der Waals surface area (Å²) in [5, 5.41) is 1.81. The predicted octanol–water partition coefficient (Wildman–Crippen LogP) is 0.215. The van der Waals surface area contributed by atoms with E-state index in [-0.39, 0.29) is 31.0 Å². The number of hydrogen-bond donors (Lipinski definition) is 0. The number of hydrogen-bond acceptors (Lipinski definition) is 0. The van der Waals surface area contributed by atoms with Crippen LogP contribution in [0.1, 0.15) is 34.1 Å². The molecule has 1 atom stereocenters. The summed E-state index contributed by atoms with van der Waals surface area (Å²) in [6, 6.07) is 0. The molecule has 0 aromatic heterocycles. The summed E-state index contributed by atoms with van der Waals surface area (Å²) in [5.74, 6) is 0.714.